The van der Waals surface area contributed by atoms with Crippen LogP contribution in [0.15, 0.2) is 48.7 Å². The van der Waals surface area contributed by atoms with Gasteiger partial charge in [0.2, 0.25) is 0 Å². The first-order chi connectivity index (χ1) is 10.3. The van der Waals surface area contributed by atoms with E-state index < -0.39 is 0 Å². The van der Waals surface area contributed by atoms with Crippen LogP contribution in [-0.4, -0.2) is 26.9 Å². The Morgan fingerprint density at radius 2 is 1.95 bits per heavy atom. The quantitative estimate of drug-likeness (QED) is 0.792. The van der Waals surface area contributed by atoms with Crippen LogP contribution in [0.3, 0.4) is 0 Å². The molecular weight excluding hydrogens is 266 g/mol. The fourth-order valence-corrected chi connectivity index (χ4v) is 2.11. The largest absolute Gasteiger partial charge is 0.384 e. The third-order valence-electron chi connectivity index (χ3n) is 2.97. The van der Waals surface area contributed by atoms with Crippen molar-refractivity contribution >= 4 is 5.82 Å². The number of hydrogen-bond donors (Lipinski definition) is 1. The molecule has 0 bridgehead atoms. The number of anilines is 1. The first-order valence-electron chi connectivity index (χ1n) is 6.50. The van der Waals surface area contributed by atoms with Crippen molar-refractivity contribution in [2.24, 2.45) is 0 Å². The van der Waals surface area contributed by atoms with Crippen molar-refractivity contribution in [1.29, 1.82) is 0 Å². The highest BCUT2D eigenvalue weighted by atomic mass is 16.5. The molecule has 6 heteroatoms. The van der Waals surface area contributed by atoms with Crippen LogP contribution in [0.2, 0.25) is 0 Å². The van der Waals surface area contributed by atoms with Crippen molar-refractivity contribution in [3.05, 3.63) is 54.5 Å². The van der Waals surface area contributed by atoms with E-state index in [4.69, 9.17) is 10.5 Å². The van der Waals surface area contributed by atoms with Crippen molar-refractivity contribution in [2.75, 3.05) is 12.8 Å². The summed E-state index contributed by atoms with van der Waals surface area (Å²) in [6.07, 6.45) is 1.73. The van der Waals surface area contributed by atoms with Crippen molar-refractivity contribution in [3.63, 3.8) is 0 Å². The van der Waals surface area contributed by atoms with Gasteiger partial charge in [-0.1, -0.05) is 18.2 Å². The molecule has 0 atom stereocenters. The number of rotatable bonds is 4. The van der Waals surface area contributed by atoms with Crippen LogP contribution in [0.25, 0.3) is 17.1 Å². The molecule has 0 aliphatic carbocycles. The van der Waals surface area contributed by atoms with Gasteiger partial charge in [0.15, 0.2) is 5.82 Å². The average molecular weight is 281 g/mol. The molecule has 3 rings (SSSR count). The highest BCUT2D eigenvalue weighted by molar-refractivity contribution is 5.60. The topological polar surface area (TPSA) is 78.9 Å². The number of nitrogen functional groups attached to an aromatic ring is 1. The molecule has 0 aliphatic rings. The summed E-state index contributed by atoms with van der Waals surface area (Å²) in [6, 6.07) is 13.5. The predicted octanol–water partition coefficient (Wildman–Crippen LogP) is 2.06. The minimum atomic E-state index is 0.317. The van der Waals surface area contributed by atoms with Crippen molar-refractivity contribution < 1.29 is 4.74 Å². The molecule has 21 heavy (non-hydrogen) atoms. The van der Waals surface area contributed by atoms with Gasteiger partial charge in [0.25, 0.3) is 0 Å². The van der Waals surface area contributed by atoms with E-state index in [1.165, 1.54) is 0 Å². The van der Waals surface area contributed by atoms with Crippen LogP contribution in [0.4, 0.5) is 5.82 Å². The van der Waals surface area contributed by atoms with Gasteiger partial charge in [0.1, 0.15) is 12.4 Å². The van der Waals surface area contributed by atoms with Crippen LogP contribution >= 0.6 is 0 Å². The summed E-state index contributed by atoms with van der Waals surface area (Å²) in [5.41, 5.74) is 8.38. The molecule has 2 heterocycles. The van der Waals surface area contributed by atoms with E-state index in [1.54, 1.807) is 19.4 Å². The van der Waals surface area contributed by atoms with Crippen molar-refractivity contribution in [2.45, 2.75) is 6.61 Å². The monoisotopic (exact) mass is 281 g/mol. The van der Waals surface area contributed by atoms with Crippen LogP contribution in [0.5, 0.6) is 0 Å². The molecule has 0 aliphatic heterocycles. The zero-order chi connectivity index (χ0) is 14.7. The Morgan fingerprint density at radius 1 is 1.14 bits per heavy atom. The number of methoxy groups -OCH3 is 1. The molecule has 1 aromatic carbocycles. The van der Waals surface area contributed by atoms with Gasteiger partial charge in [0.05, 0.1) is 23.3 Å². The molecule has 3 aromatic rings. The molecule has 0 radical (unpaired) electrons. The van der Waals surface area contributed by atoms with E-state index >= 15 is 0 Å². The highest BCUT2D eigenvalue weighted by Gasteiger charge is 2.11. The molecule has 0 fully saturated rings. The second-order valence-corrected chi connectivity index (χ2v) is 4.49. The Balaban J connectivity index is 2.08. The fourth-order valence-electron chi connectivity index (χ4n) is 2.11. The Kier molecular flexibility index (Phi) is 3.61. The second kappa shape index (κ2) is 5.72. The average Bonchev–Trinajstić information content (AvgIpc) is 2.97. The molecule has 106 valence electrons. The zero-order valence-electron chi connectivity index (χ0n) is 11.6. The van der Waals surface area contributed by atoms with Crippen molar-refractivity contribution in [1.82, 2.24) is 19.7 Å². The van der Waals surface area contributed by atoms with Crippen LogP contribution in [-0.2, 0) is 11.3 Å². The number of nitrogens with two attached hydrogens (primary N) is 1. The lowest BCUT2D eigenvalue weighted by Crippen LogP contribution is -2.05. The molecule has 2 N–H and O–H groups in total. The van der Waals surface area contributed by atoms with Crippen molar-refractivity contribution in [3.8, 4) is 17.1 Å². The van der Waals surface area contributed by atoms with E-state index in [0.717, 1.165) is 17.1 Å². The zero-order valence-corrected chi connectivity index (χ0v) is 11.6. The van der Waals surface area contributed by atoms with Crippen LogP contribution in [0, 0.1) is 0 Å². The van der Waals surface area contributed by atoms with Crippen LogP contribution in [0.1, 0.15) is 5.82 Å². The lowest BCUT2D eigenvalue weighted by Gasteiger charge is -2.08. The SMILES string of the molecule is COCc1nc(N)cc(-c2ccnn2-c2ccccc2)n1. The first kappa shape index (κ1) is 13.3. The maximum Gasteiger partial charge on any atom is 0.157 e. The number of nitrogens with zero attached hydrogens (tertiary/aromatic N) is 4. The highest BCUT2D eigenvalue weighted by Crippen LogP contribution is 2.22. The molecule has 0 saturated carbocycles. The maximum absolute atomic E-state index is 5.85. The minimum Gasteiger partial charge on any atom is -0.384 e. The normalized spacial score (nSPS) is 10.7. The molecule has 2 aromatic heterocycles. The lowest BCUT2D eigenvalue weighted by atomic mass is 10.2. The standard InChI is InChI=1S/C15H15N5O/c1-21-10-15-18-12(9-14(16)19-15)13-7-8-17-20(13)11-5-3-2-4-6-11/h2-9H,10H2,1H3,(H2,16,18,19). The number of para-hydroxylation sites is 1. The number of hydrogen-bond acceptors (Lipinski definition) is 5. The number of ether oxygens (including phenoxy) is 1. The van der Waals surface area contributed by atoms with E-state index in [9.17, 15) is 0 Å². The smallest absolute Gasteiger partial charge is 0.157 e. The summed E-state index contributed by atoms with van der Waals surface area (Å²) < 4.78 is 6.88. The van der Waals surface area contributed by atoms with E-state index in [0.29, 0.717) is 18.2 Å². The molecule has 6 nitrogen and oxygen atoms in total. The molecular formula is C15H15N5O. The van der Waals surface area contributed by atoms with Crippen LogP contribution < -0.4 is 5.73 Å². The summed E-state index contributed by atoms with van der Waals surface area (Å²) in [4.78, 5) is 8.62. The van der Waals surface area contributed by atoms with Gasteiger partial charge in [-0.25, -0.2) is 14.6 Å². The van der Waals surface area contributed by atoms with E-state index in [2.05, 4.69) is 15.1 Å². The Hall–Kier alpha value is -2.73. The van der Waals surface area contributed by atoms with Gasteiger partial charge >= 0.3 is 0 Å². The van der Waals surface area contributed by atoms with Gasteiger partial charge in [0, 0.05) is 13.2 Å². The van der Waals surface area contributed by atoms with Gasteiger partial charge in [-0.05, 0) is 18.2 Å². The minimum absolute atomic E-state index is 0.317. The summed E-state index contributed by atoms with van der Waals surface area (Å²) in [5.74, 6) is 0.959. The second-order valence-electron chi connectivity index (χ2n) is 4.49. The summed E-state index contributed by atoms with van der Waals surface area (Å²) in [5, 5.41) is 4.35. The summed E-state index contributed by atoms with van der Waals surface area (Å²) in [7, 11) is 1.60. The van der Waals surface area contributed by atoms with Gasteiger partial charge in [-0.3, -0.25) is 0 Å². The molecule has 0 saturated heterocycles. The third kappa shape index (κ3) is 2.75. The lowest BCUT2D eigenvalue weighted by molar-refractivity contribution is 0.178. The maximum atomic E-state index is 5.85. The Bertz CT molecular complexity index is 739. The van der Waals surface area contributed by atoms with E-state index in [-0.39, 0.29) is 0 Å². The first-order valence-corrected chi connectivity index (χ1v) is 6.50. The predicted molar refractivity (Wildman–Crippen MR) is 79.7 cm³/mol. The summed E-state index contributed by atoms with van der Waals surface area (Å²) >= 11 is 0. The van der Waals surface area contributed by atoms with Gasteiger partial charge in [-0.15, -0.1) is 0 Å². The molecule has 0 unspecified atom stereocenters. The summed E-state index contributed by atoms with van der Waals surface area (Å²) in [6.45, 7) is 0.317. The Morgan fingerprint density at radius 3 is 2.71 bits per heavy atom. The molecule has 0 spiro atoms. The molecule has 0 amide bonds. The van der Waals surface area contributed by atoms with E-state index in [1.807, 2.05) is 41.1 Å². The number of benzene rings is 1. The third-order valence-corrected chi connectivity index (χ3v) is 2.97. The van der Waals surface area contributed by atoms with Gasteiger partial charge < -0.3 is 10.5 Å². The fraction of sp³-hybridized carbons (Fsp3) is 0.133. The Labute approximate surface area is 122 Å². The van der Waals surface area contributed by atoms with Gasteiger partial charge in [-0.2, -0.15) is 5.10 Å². The number of aromatic nitrogens is 4.